The molecule has 7 nitrogen and oxygen atoms in total. The molecule has 47 heavy (non-hydrogen) atoms. The third-order valence-corrected chi connectivity index (χ3v) is 11.1. The molecule has 2 fully saturated rings. The number of benzene rings is 2. The van der Waals surface area contributed by atoms with Crippen molar-refractivity contribution in [3.8, 4) is 22.5 Å². The first-order chi connectivity index (χ1) is 22.0. The molecule has 0 radical (unpaired) electrons. The van der Waals surface area contributed by atoms with Gasteiger partial charge in [0.1, 0.15) is 0 Å². The van der Waals surface area contributed by atoms with Crippen LogP contribution in [-0.4, -0.2) is 53.2 Å². The van der Waals surface area contributed by atoms with E-state index in [-0.39, 0.29) is 45.8 Å². The molecule has 2 saturated carbocycles. The molecule has 252 valence electrons. The van der Waals surface area contributed by atoms with Crippen molar-refractivity contribution < 1.29 is 15.3 Å². The van der Waals surface area contributed by atoms with Crippen LogP contribution in [0.15, 0.2) is 85.7 Å². The maximum atomic E-state index is 10.8. The molecule has 4 aliphatic rings. The molecule has 2 aliphatic carbocycles. The molecule has 0 amide bonds. The van der Waals surface area contributed by atoms with Crippen molar-refractivity contribution in [3.63, 3.8) is 0 Å². The number of aromatic nitrogens is 4. The molecule has 0 saturated heterocycles. The van der Waals surface area contributed by atoms with Crippen molar-refractivity contribution in [1.82, 2.24) is 19.1 Å². The van der Waals surface area contributed by atoms with E-state index in [4.69, 9.17) is 0 Å². The van der Waals surface area contributed by atoms with Gasteiger partial charge in [-0.25, -0.2) is 9.97 Å². The molecule has 4 heterocycles. The van der Waals surface area contributed by atoms with Crippen LogP contribution in [0.4, 0.5) is 0 Å². The predicted molar refractivity (Wildman–Crippen MR) is 190 cm³/mol. The normalized spacial score (nSPS) is 23.9. The zero-order valence-corrected chi connectivity index (χ0v) is 26.1. The van der Waals surface area contributed by atoms with Crippen LogP contribution in [0.1, 0.15) is 102 Å². The summed E-state index contributed by atoms with van der Waals surface area (Å²) in [6.45, 7) is 4.36. The lowest BCUT2D eigenvalue weighted by Crippen LogP contribution is -2.29. The second kappa shape index (κ2) is 15.1. The summed E-state index contributed by atoms with van der Waals surface area (Å²) in [6, 6.07) is 17.3. The highest BCUT2D eigenvalue weighted by Gasteiger charge is 2.34. The number of fused-ring (bicyclic) bond motifs is 6. The van der Waals surface area contributed by atoms with E-state index in [1.807, 2.05) is 25.0 Å². The average molecular weight is 639 g/mol. The second-order valence-corrected chi connectivity index (χ2v) is 13.7. The summed E-state index contributed by atoms with van der Waals surface area (Å²) < 4.78 is 4.42. The van der Waals surface area contributed by atoms with E-state index in [0.717, 1.165) is 69.9 Å². The molecular weight excluding hydrogens is 584 g/mol. The van der Waals surface area contributed by atoms with Crippen LogP contribution in [0.3, 0.4) is 0 Å². The summed E-state index contributed by atoms with van der Waals surface area (Å²) in [6.07, 6.45) is 17.0. The van der Waals surface area contributed by atoms with Crippen LogP contribution in [0.2, 0.25) is 0 Å². The minimum Gasteiger partial charge on any atom is -0.396 e. The van der Waals surface area contributed by atoms with E-state index < -0.39 is 0 Å². The number of rotatable bonds is 7. The quantitative estimate of drug-likeness (QED) is 0.177. The first-order valence-corrected chi connectivity index (χ1v) is 16.9. The van der Waals surface area contributed by atoms with E-state index in [1.165, 1.54) is 33.5 Å². The number of imidazole rings is 2. The fourth-order valence-corrected chi connectivity index (χ4v) is 8.38. The lowest BCUT2D eigenvalue weighted by atomic mass is 9.78. The molecule has 4 atom stereocenters. The lowest BCUT2D eigenvalue weighted by molar-refractivity contribution is 0.0505. The van der Waals surface area contributed by atoms with Crippen molar-refractivity contribution >= 4 is 0 Å². The Morgan fingerprint density at radius 3 is 1.60 bits per heavy atom. The highest BCUT2D eigenvalue weighted by Crippen LogP contribution is 2.44. The third kappa shape index (κ3) is 6.89. The van der Waals surface area contributed by atoms with Gasteiger partial charge in [-0.1, -0.05) is 75.5 Å². The van der Waals surface area contributed by atoms with E-state index in [2.05, 4.69) is 74.2 Å². The van der Waals surface area contributed by atoms with E-state index >= 15 is 0 Å². The van der Waals surface area contributed by atoms with Crippen molar-refractivity contribution in [2.45, 2.75) is 103 Å². The Labute approximate surface area is 281 Å². The Kier molecular flexibility index (Phi) is 11.2. The third-order valence-electron chi connectivity index (χ3n) is 11.1. The van der Waals surface area contributed by atoms with Gasteiger partial charge < -0.3 is 24.5 Å². The zero-order valence-electron chi connectivity index (χ0n) is 26.1. The highest BCUT2D eigenvalue weighted by atomic mass is 16.3. The summed E-state index contributed by atoms with van der Waals surface area (Å²) >= 11 is 0. The molecule has 0 spiro atoms. The van der Waals surface area contributed by atoms with E-state index in [0.29, 0.717) is 17.8 Å². The Morgan fingerprint density at radius 1 is 0.681 bits per heavy atom. The largest absolute Gasteiger partial charge is 0.396 e. The minimum absolute atomic E-state index is 0. The highest BCUT2D eigenvalue weighted by molar-refractivity contribution is 5.69. The van der Waals surface area contributed by atoms with Gasteiger partial charge in [0.15, 0.2) is 0 Å². The molecule has 3 N–H and O–H groups in total. The Hall–Kier alpha value is -3.52. The van der Waals surface area contributed by atoms with Crippen molar-refractivity contribution in [2.75, 3.05) is 6.61 Å². The first-order valence-electron chi connectivity index (χ1n) is 16.9. The lowest BCUT2D eigenvalue weighted by Gasteiger charge is -2.32. The molecular formula is C40H54N4O3. The zero-order chi connectivity index (χ0) is 30.9. The fraction of sp³-hybridized carbons (Fsp3) is 0.500. The van der Waals surface area contributed by atoms with Gasteiger partial charge in [0, 0.05) is 17.7 Å². The topological polar surface area (TPSA) is 96.3 Å². The fourth-order valence-electron chi connectivity index (χ4n) is 8.38. The SMILES string of the molecule is C.C.C=C1CCC(C(O)CC2c3ccccc3-c3cncn32)CC1.OCC1CCC(C(O)CC2c3ccccc3-c3cncn32)CC1. The maximum Gasteiger partial charge on any atom is 0.0956 e. The number of hydrogen-bond acceptors (Lipinski definition) is 5. The summed E-state index contributed by atoms with van der Waals surface area (Å²) in [5, 5.41) is 30.8. The number of aliphatic hydroxyl groups excluding tert-OH is 3. The van der Waals surface area contributed by atoms with Gasteiger partial charge in [-0.15, -0.1) is 0 Å². The summed E-state index contributed by atoms with van der Waals surface area (Å²) in [5.41, 5.74) is 8.78. The van der Waals surface area contributed by atoms with Gasteiger partial charge in [0.05, 0.1) is 60.7 Å². The van der Waals surface area contributed by atoms with Gasteiger partial charge in [0.25, 0.3) is 0 Å². The van der Waals surface area contributed by atoms with Crippen LogP contribution < -0.4 is 0 Å². The summed E-state index contributed by atoms with van der Waals surface area (Å²) in [5.74, 6) is 1.20. The number of allylic oxidation sites excluding steroid dienone is 1. The number of nitrogens with zero attached hydrogens (tertiary/aromatic N) is 4. The van der Waals surface area contributed by atoms with Crippen LogP contribution in [0.5, 0.6) is 0 Å². The second-order valence-electron chi connectivity index (χ2n) is 13.7. The number of hydrogen-bond donors (Lipinski definition) is 3. The smallest absolute Gasteiger partial charge is 0.0956 e. The van der Waals surface area contributed by atoms with Crippen molar-refractivity contribution in [2.24, 2.45) is 17.8 Å². The monoisotopic (exact) mass is 638 g/mol. The van der Waals surface area contributed by atoms with Gasteiger partial charge in [-0.2, -0.15) is 0 Å². The Bertz CT molecular complexity index is 1610. The van der Waals surface area contributed by atoms with Crippen LogP contribution in [0.25, 0.3) is 22.5 Å². The molecule has 2 aromatic carbocycles. The molecule has 4 unspecified atom stereocenters. The molecule has 2 aromatic heterocycles. The number of aliphatic hydroxyl groups is 3. The molecule has 4 aromatic rings. The average Bonchev–Trinajstić information content (AvgIpc) is 3.86. The van der Waals surface area contributed by atoms with E-state index in [9.17, 15) is 15.3 Å². The first kappa shape index (κ1) is 34.8. The van der Waals surface area contributed by atoms with Crippen LogP contribution in [-0.2, 0) is 0 Å². The standard InChI is InChI=1S/C19H24N2O2.C19H22N2O.2CH4/c22-11-13-5-7-14(8-6-13)19(23)9-17-15-3-1-2-4-16(15)18-10-20-12-21(17)18;1-13-6-8-14(9-7-13)19(22)10-17-15-4-2-3-5-16(15)18-11-20-12-21(17)18;;/h1-4,10,12-14,17,19,22-23H,5-9,11H2;2-5,11-12,14,17,19,22H,1,6-10H2;2*1H4. The molecule has 0 bridgehead atoms. The molecule has 8 rings (SSSR count). The molecule has 7 heteroatoms. The van der Waals surface area contributed by atoms with Crippen LogP contribution in [0, 0.1) is 17.8 Å². The summed E-state index contributed by atoms with van der Waals surface area (Å²) in [4.78, 5) is 8.58. The minimum atomic E-state index is -0.291. The molecule has 2 aliphatic heterocycles. The van der Waals surface area contributed by atoms with Crippen molar-refractivity contribution in [1.29, 1.82) is 0 Å². The Morgan fingerprint density at radius 2 is 1.13 bits per heavy atom. The van der Waals surface area contributed by atoms with Crippen molar-refractivity contribution in [3.05, 3.63) is 96.9 Å². The van der Waals surface area contributed by atoms with Crippen LogP contribution >= 0.6 is 0 Å². The van der Waals surface area contributed by atoms with Gasteiger partial charge in [0.2, 0.25) is 0 Å². The Balaban J connectivity index is 0.000000177. The maximum absolute atomic E-state index is 10.8. The van der Waals surface area contributed by atoms with Gasteiger partial charge in [-0.05, 0) is 93.1 Å². The van der Waals surface area contributed by atoms with Gasteiger partial charge >= 0.3 is 0 Å². The van der Waals surface area contributed by atoms with E-state index in [1.54, 1.807) is 0 Å². The van der Waals surface area contributed by atoms with Gasteiger partial charge in [-0.3, -0.25) is 0 Å². The summed E-state index contributed by atoms with van der Waals surface area (Å²) in [7, 11) is 0. The predicted octanol–water partition coefficient (Wildman–Crippen LogP) is 8.23.